The van der Waals surface area contributed by atoms with Gasteiger partial charge in [0.1, 0.15) is 11.5 Å². The van der Waals surface area contributed by atoms with Crippen LogP contribution in [0.4, 0.5) is 0 Å². The molecule has 0 unspecified atom stereocenters. The zero-order valence-corrected chi connectivity index (χ0v) is 22.3. The van der Waals surface area contributed by atoms with E-state index in [4.69, 9.17) is 48.6 Å². The van der Waals surface area contributed by atoms with Crippen molar-refractivity contribution in [1.82, 2.24) is 0 Å². The van der Waals surface area contributed by atoms with E-state index in [-0.39, 0.29) is 0 Å². The first-order chi connectivity index (χ1) is 13.7. The van der Waals surface area contributed by atoms with Crippen molar-refractivity contribution in [2.45, 2.75) is 6.42 Å². The van der Waals surface area contributed by atoms with Crippen molar-refractivity contribution < 1.29 is 13.6 Å². The van der Waals surface area contributed by atoms with E-state index < -0.39 is 6.72 Å². The third-order valence-corrected chi connectivity index (χ3v) is 8.04. The summed E-state index contributed by atoms with van der Waals surface area (Å²) in [6.07, 6.45) is 0.535. The van der Waals surface area contributed by atoms with Crippen LogP contribution in [0.3, 0.4) is 0 Å². The zero-order valence-electron chi connectivity index (χ0n) is 14.3. The first-order valence-electron chi connectivity index (χ1n) is 8.13. The van der Waals surface area contributed by atoms with Crippen LogP contribution in [0.1, 0.15) is 11.1 Å². The van der Waals surface area contributed by atoms with E-state index in [1.807, 2.05) is 24.3 Å². The molecule has 0 N–H and O–H groups in total. The SMILES string of the molecule is S=P1(Oc2c(Br)cc(Br)cc2Br)Oc2ccc(Cl)cc2Cc2cc(Cl)ccc2O1. The molecule has 10 heteroatoms. The zero-order chi connectivity index (χ0) is 20.8. The van der Waals surface area contributed by atoms with Crippen molar-refractivity contribution in [2.24, 2.45) is 0 Å². The summed E-state index contributed by atoms with van der Waals surface area (Å²) in [6.45, 7) is -3.30. The van der Waals surface area contributed by atoms with Crippen LogP contribution < -0.4 is 13.6 Å². The van der Waals surface area contributed by atoms with Gasteiger partial charge in [0.25, 0.3) is 0 Å². The lowest BCUT2D eigenvalue weighted by Crippen LogP contribution is -2.12. The number of hydrogen-bond donors (Lipinski definition) is 0. The maximum absolute atomic E-state index is 6.21. The van der Waals surface area contributed by atoms with Gasteiger partial charge in [0.15, 0.2) is 5.75 Å². The highest BCUT2D eigenvalue weighted by molar-refractivity contribution is 9.11. The maximum Gasteiger partial charge on any atom is 0.490 e. The molecular weight excluding hydrogens is 650 g/mol. The lowest BCUT2D eigenvalue weighted by atomic mass is 10.0. The van der Waals surface area contributed by atoms with Gasteiger partial charge in [-0.2, -0.15) is 0 Å². The summed E-state index contributed by atoms with van der Waals surface area (Å²) in [5.74, 6) is 1.61. The van der Waals surface area contributed by atoms with E-state index in [1.165, 1.54) is 0 Å². The number of benzene rings is 3. The monoisotopic (exact) mass is 656 g/mol. The van der Waals surface area contributed by atoms with Crippen LogP contribution in [0.25, 0.3) is 0 Å². The van der Waals surface area contributed by atoms with Gasteiger partial charge in [-0.1, -0.05) is 39.1 Å². The average molecular weight is 660 g/mol. The molecule has 0 amide bonds. The highest BCUT2D eigenvalue weighted by Gasteiger charge is 2.32. The standard InChI is InChI=1S/C19H10Br3Cl2O3PS/c20-12-8-15(21)19(16(22)9-12)27-28(29)25-17-3-1-13(23)6-10(17)5-11-7-14(24)2-4-18(11)26-28/h1-4,6-9H,5H2. The van der Waals surface area contributed by atoms with Gasteiger partial charge in [-0.05, 0) is 80.4 Å². The highest BCUT2D eigenvalue weighted by atomic mass is 79.9. The largest absolute Gasteiger partial charge is 0.490 e. The highest BCUT2D eigenvalue weighted by Crippen LogP contribution is 2.55. The minimum Gasteiger partial charge on any atom is -0.407 e. The second-order valence-electron chi connectivity index (χ2n) is 6.10. The first-order valence-corrected chi connectivity index (χ1v) is 13.8. The third kappa shape index (κ3) is 4.98. The van der Waals surface area contributed by atoms with E-state index in [0.29, 0.717) is 42.7 Å². The van der Waals surface area contributed by atoms with Gasteiger partial charge in [-0.3, -0.25) is 0 Å². The van der Waals surface area contributed by atoms with Crippen molar-refractivity contribution in [3.05, 3.63) is 83.1 Å². The molecule has 0 atom stereocenters. The van der Waals surface area contributed by atoms with Crippen LogP contribution in [0.2, 0.25) is 10.0 Å². The molecular formula is C19H10Br3Cl2O3PS. The van der Waals surface area contributed by atoms with Crippen molar-refractivity contribution in [1.29, 1.82) is 0 Å². The Balaban J connectivity index is 1.84. The van der Waals surface area contributed by atoms with Crippen molar-refractivity contribution in [2.75, 3.05) is 0 Å². The Bertz CT molecular complexity index is 1090. The third-order valence-electron chi connectivity index (χ3n) is 4.01. The Kier molecular flexibility index (Phi) is 6.58. The fourth-order valence-electron chi connectivity index (χ4n) is 2.78. The van der Waals surface area contributed by atoms with E-state index in [0.717, 1.165) is 15.6 Å². The second-order valence-corrected chi connectivity index (χ2v) is 12.4. The smallest absolute Gasteiger partial charge is 0.407 e. The maximum atomic E-state index is 6.21. The molecule has 29 heavy (non-hydrogen) atoms. The molecule has 3 aromatic rings. The van der Waals surface area contributed by atoms with E-state index in [1.54, 1.807) is 24.3 Å². The molecule has 0 aromatic heterocycles. The quantitative estimate of drug-likeness (QED) is 0.257. The molecule has 3 aromatic carbocycles. The molecule has 0 saturated heterocycles. The Hall–Kier alpha value is -0.270. The normalized spacial score (nSPS) is 14.5. The van der Waals surface area contributed by atoms with Crippen LogP contribution >= 0.6 is 77.7 Å². The Morgan fingerprint density at radius 3 is 1.79 bits per heavy atom. The number of halogens is 5. The molecule has 3 nitrogen and oxygen atoms in total. The van der Waals surface area contributed by atoms with E-state index >= 15 is 0 Å². The minimum atomic E-state index is -3.30. The number of rotatable bonds is 2. The Labute approximate surface area is 208 Å². The number of fused-ring (bicyclic) bond motifs is 2. The molecule has 0 bridgehead atoms. The number of hydrogen-bond acceptors (Lipinski definition) is 4. The van der Waals surface area contributed by atoms with Gasteiger partial charge in [0, 0.05) is 43.9 Å². The average Bonchev–Trinajstić information content (AvgIpc) is 2.62. The molecule has 150 valence electrons. The van der Waals surface area contributed by atoms with Crippen LogP contribution in [0.5, 0.6) is 17.2 Å². The predicted octanol–water partition coefficient (Wildman–Crippen LogP) is 8.95. The van der Waals surface area contributed by atoms with Gasteiger partial charge >= 0.3 is 6.72 Å². The van der Waals surface area contributed by atoms with Crippen LogP contribution in [0, 0.1) is 0 Å². The van der Waals surface area contributed by atoms with Crippen LogP contribution in [0.15, 0.2) is 61.9 Å². The van der Waals surface area contributed by atoms with Crippen LogP contribution in [-0.4, -0.2) is 0 Å². The summed E-state index contributed by atoms with van der Waals surface area (Å²) >= 11 is 28.7. The molecule has 1 aliphatic heterocycles. The summed E-state index contributed by atoms with van der Waals surface area (Å²) in [6, 6.07) is 14.4. The molecule has 0 radical (unpaired) electrons. The molecule has 0 fully saturated rings. The minimum absolute atomic E-state index is 0.489. The summed E-state index contributed by atoms with van der Waals surface area (Å²) in [7, 11) is 0. The van der Waals surface area contributed by atoms with Crippen molar-refractivity contribution in [3.63, 3.8) is 0 Å². The van der Waals surface area contributed by atoms with Crippen LogP contribution in [-0.2, 0) is 18.2 Å². The lowest BCUT2D eigenvalue weighted by Gasteiger charge is -2.28. The molecule has 1 aliphatic rings. The first kappa shape index (κ1) is 21.9. The summed E-state index contributed by atoms with van der Waals surface area (Å²) < 4.78 is 20.7. The molecule has 0 spiro atoms. The van der Waals surface area contributed by atoms with Gasteiger partial charge in [0.05, 0.1) is 8.95 Å². The fraction of sp³-hybridized carbons (Fsp3) is 0.0526. The molecule has 0 saturated carbocycles. The predicted molar refractivity (Wildman–Crippen MR) is 131 cm³/mol. The van der Waals surface area contributed by atoms with Gasteiger partial charge in [-0.25, -0.2) is 0 Å². The lowest BCUT2D eigenvalue weighted by molar-refractivity contribution is 0.375. The van der Waals surface area contributed by atoms with Gasteiger partial charge in [-0.15, -0.1) is 0 Å². The van der Waals surface area contributed by atoms with Crippen molar-refractivity contribution in [3.8, 4) is 17.2 Å². The van der Waals surface area contributed by atoms with Crippen molar-refractivity contribution >= 4 is 89.5 Å². The van der Waals surface area contributed by atoms with Gasteiger partial charge < -0.3 is 13.6 Å². The Morgan fingerprint density at radius 2 is 1.31 bits per heavy atom. The topological polar surface area (TPSA) is 27.7 Å². The second kappa shape index (κ2) is 8.70. The Morgan fingerprint density at radius 1 is 0.828 bits per heavy atom. The summed E-state index contributed by atoms with van der Waals surface area (Å²) in [4.78, 5) is 0. The summed E-state index contributed by atoms with van der Waals surface area (Å²) in [5, 5.41) is 1.20. The van der Waals surface area contributed by atoms with E-state index in [9.17, 15) is 0 Å². The fourth-order valence-corrected chi connectivity index (χ4v) is 7.92. The molecule has 1 heterocycles. The van der Waals surface area contributed by atoms with Gasteiger partial charge in [0.2, 0.25) is 0 Å². The molecule has 4 rings (SSSR count). The van der Waals surface area contributed by atoms with E-state index in [2.05, 4.69) is 47.8 Å². The summed E-state index contributed by atoms with van der Waals surface area (Å²) in [5.41, 5.74) is 1.74. The molecule has 0 aliphatic carbocycles.